The summed E-state index contributed by atoms with van der Waals surface area (Å²) < 4.78 is 13.0. The van der Waals surface area contributed by atoms with Crippen molar-refractivity contribution >= 4 is 17.5 Å². The lowest BCUT2D eigenvalue weighted by atomic mass is 10.1. The van der Waals surface area contributed by atoms with Crippen LogP contribution < -0.4 is 10.6 Å². The van der Waals surface area contributed by atoms with Gasteiger partial charge >= 0.3 is 0 Å². The zero-order valence-electron chi connectivity index (χ0n) is 15.5. The van der Waals surface area contributed by atoms with Gasteiger partial charge < -0.3 is 10.6 Å². The van der Waals surface area contributed by atoms with Crippen LogP contribution in [0.1, 0.15) is 32.7 Å². The van der Waals surface area contributed by atoms with Gasteiger partial charge in [-0.15, -0.1) is 0 Å². The number of hydrogen-bond donors (Lipinski definition) is 2. The van der Waals surface area contributed by atoms with Crippen LogP contribution in [-0.4, -0.2) is 15.9 Å². The number of aromatic nitrogens is 2. The molecule has 2 N–H and O–H groups in total. The van der Waals surface area contributed by atoms with E-state index in [-0.39, 0.29) is 17.4 Å². The molecule has 0 aliphatic carbocycles. The molecule has 6 heteroatoms. The normalized spacial score (nSPS) is 10.5. The molecule has 0 atom stereocenters. The first-order valence-electron chi connectivity index (χ1n) is 8.63. The van der Waals surface area contributed by atoms with E-state index in [2.05, 4.69) is 20.6 Å². The van der Waals surface area contributed by atoms with Crippen molar-refractivity contribution in [3.63, 3.8) is 0 Å². The minimum Gasteiger partial charge on any atom is -0.350 e. The fourth-order valence-electron chi connectivity index (χ4n) is 2.91. The Hall–Kier alpha value is -3.28. The number of halogens is 1. The van der Waals surface area contributed by atoms with Crippen LogP contribution in [0.3, 0.4) is 0 Å². The van der Waals surface area contributed by atoms with E-state index in [4.69, 9.17) is 0 Å². The Labute approximate surface area is 157 Å². The van der Waals surface area contributed by atoms with Crippen molar-refractivity contribution in [3.05, 3.63) is 82.4 Å². The molecular weight excluding hydrogens is 343 g/mol. The minimum atomic E-state index is -0.294. The zero-order chi connectivity index (χ0) is 19.4. The monoisotopic (exact) mass is 364 g/mol. The first-order chi connectivity index (χ1) is 12.9. The molecule has 5 nitrogen and oxygen atoms in total. The van der Waals surface area contributed by atoms with Crippen LogP contribution in [0, 0.1) is 26.6 Å². The van der Waals surface area contributed by atoms with Crippen LogP contribution in [0.5, 0.6) is 0 Å². The van der Waals surface area contributed by atoms with Gasteiger partial charge in [0.25, 0.3) is 5.91 Å². The number of nitrogens with zero attached hydrogens (tertiary/aromatic N) is 2. The van der Waals surface area contributed by atoms with E-state index in [0.29, 0.717) is 12.5 Å². The summed E-state index contributed by atoms with van der Waals surface area (Å²) in [5.41, 5.74) is 5.11. The maximum Gasteiger partial charge on any atom is 0.274 e. The smallest absolute Gasteiger partial charge is 0.274 e. The third kappa shape index (κ3) is 4.67. The molecule has 2 aromatic carbocycles. The maximum absolute atomic E-state index is 13.0. The SMILES string of the molecule is Cc1cc(C)c(NC(=O)c2ccnc(NCc3ccc(F)cc3)n2)c(C)c1. The highest BCUT2D eigenvalue weighted by Crippen LogP contribution is 2.22. The lowest BCUT2D eigenvalue weighted by Crippen LogP contribution is -2.16. The zero-order valence-corrected chi connectivity index (χ0v) is 15.5. The van der Waals surface area contributed by atoms with E-state index in [9.17, 15) is 9.18 Å². The molecule has 138 valence electrons. The second-order valence-electron chi connectivity index (χ2n) is 6.47. The highest BCUT2D eigenvalue weighted by atomic mass is 19.1. The lowest BCUT2D eigenvalue weighted by molar-refractivity contribution is 0.102. The number of hydrogen-bond acceptors (Lipinski definition) is 4. The largest absolute Gasteiger partial charge is 0.350 e. The van der Waals surface area contributed by atoms with Crippen LogP contribution in [0.25, 0.3) is 0 Å². The molecule has 0 bridgehead atoms. The van der Waals surface area contributed by atoms with Gasteiger partial charge in [-0.2, -0.15) is 0 Å². The van der Waals surface area contributed by atoms with E-state index < -0.39 is 0 Å². The van der Waals surface area contributed by atoms with Gasteiger partial charge in [-0.1, -0.05) is 29.8 Å². The summed E-state index contributed by atoms with van der Waals surface area (Å²) in [7, 11) is 0. The first-order valence-corrected chi connectivity index (χ1v) is 8.63. The number of nitrogens with one attached hydrogen (secondary N) is 2. The highest BCUT2D eigenvalue weighted by molar-refractivity contribution is 6.03. The fraction of sp³-hybridized carbons (Fsp3) is 0.190. The number of amides is 1. The Balaban J connectivity index is 1.71. The number of anilines is 2. The number of aryl methyl sites for hydroxylation is 3. The topological polar surface area (TPSA) is 66.9 Å². The van der Waals surface area contributed by atoms with E-state index in [1.807, 2.05) is 32.9 Å². The lowest BCUT2D eigenvalue weighted by Gasteiger charge is -2.13. The van der Waals surface area contributed by atoms with Crippen molar-refractivity contribution in [2.24, 2.45) is 0 Å². The molecule has 1 amide bonds. The average Bonchev–Trinajstić information content (AvgIpc) is 2.64. The van der Waals surface area contributed by atoms with Crippen molar-refractivity contribution in [2.75, 3.05) is 10.6 Å². The number of rotatable bonds is 5. The minimum absolute atomic E-state index is 0.269. The number of carbonyl (C=O) groups excluding carboxylic acids is 1. The van der Waals surface area contributed by atoms with Gasteiger partial charge in [0.2, 0.25) is 5.95 Å². The maximum atomic E-state index is 13.0. The van der Waals surface area contributed by atoms with Crippen molar-refractivity contribution in [1.29, 1.82) is 0 Å². The summed E-state index contributed by atoms with van der Waals surface area (Å²) in [6.07, 6.45) is 1.53. The summed E-state index contributed by atoms with van der Waals surface area (Å²) in [6.45, 7) is 6.38. The molecule has 0 fully saturated rings. The average molecular weight is 364 g/mol. The molecular formula is C21H21FN4O. The van der Waals surface area contributed by atoms with Gasteiger partial charge in [-0.05, 0) is 55.7 Å². The third-order valence-electron chi connectivity index (χ3n) is 4.17. The summed E-state index contributed by atoms with van der Waals surface area (Å²) in [5.74, 6) is -0.239. The van der Waals surface area contributed by atoms with Crippen LogP contribution in [0.2, 0.25) is 0 Å². The summed E-state index contributed by atoms with van der Waals surface area (Å²) in [5, 5.41) is 5.98. The molecule has 0 aliphatic heterocycles. The van der Waals surface area contributed by atoms with E-state index >= 15 is 0 Å². The molecule has 1 aromatic heterocycles. The molecule has 0 saturated heterocycles. The fourth-order valence-corrected chi connectivity index (χ4v) is 2.91. The second kappa shape index (κ2) is 7.95. The summed E-state index contributed by atoms with van der Waals surface area (Å²) >= 11 is 0. The van der Waals surface area contributed by atoms with Gasteiger partial charge in [0.1, 0.15) is 11.5 Å². The molecule has 0 spiro atoms. The van der Waals surface area contributed by atoms with Crippen molar-refractivity contribution in [2.45, 2.75) is 27.3 Å². The Morgan fingerprint density at radius 3 is 2.37 bits per heavy atom. The molecule has 0 aliphatic rings. The molecule has 1 heterocycles. The van der Waals surface area contributed by atoms with E-state index in [1.54, 1.807) is 18.2 Å². The Bertz CT molecular complexity index is 947. The Morgan fingerprint density at radius 1 is 1.04 bits per heavy atom. The third-order valence-corrected chi connectivity index (χ3v) is 4.17. The first kappa shape index (κ1) is 18.5. The summed E-state index contributed by atoms with van der Waals surface area (Å²) in [4.78, 5) is 21.0. The van der Waals surface area contributed by atoms with Gasteiger partial charge in [0, 0.05) is 18.4 Å². The number of carbonyl (C=O) groups is 1. The molecule has 3 aromatic rings. The van der Waals surface area contributed by atoms with Crippen LogP contribution in [0.15, 0.2) is 48.7 Å². The predicted molar refractivity (Wildman–Crippen MR) is 104 cm³/mol. The Kier molecular flexibility index (Phi) is 5.45. The quantitative estimate of drug-likeness (QED) is 0.704. The molecule has 3 rings (SSSR count). The molecule has 0 saturated carbocycles. The molecule has 27 heavy (non-hydrogen) atoms. The molecule has 0 unspecified atom stereocenters. The standard InChI is InChI=1S/C21H21FN4O/c1-13-10-14(2)19(15(3)11-13)26-20(27)18-8-9-23-21(25-18)24-12-16-4-6-17(22)7-5-16/h4-11H,12H2,1-3H3,(H,26,27)(H,23,24,25). The van der Waals surface area contributed by atoms with Crippen molar-refractivity contribution < 1.29 is 9.18 Å². The molecule has 0 radical (unpaired) electrons. The Morgan fingerprint density at radius 2 is 1.70 bits per heavy atom. The van der Waals surface area contributed by atoms with Crippen LogP contribution in [-0.2, 0) is 6.54 Å². The summed E-state index contributed by atoms with van der Waals surface area (Å²) in [6, 6.07) is 11.8. The van der Waals surface area contributed by atoms with Crippen LogP contribution >= 0.6 is 0 Å². The highest BCUT2D eigenvalue weighted by Gasteiger charge is 2.12. The van der Waals surface area contributed by atoms with Gasteiger partial charge in [-0.3, -0.25) is 4.79 Å². The van der Waals surface area contributed by atoms with Crippen molar-refractivity contribution in [1.82, 2.24) is 9.97 Å². The van der Waals surface area contributed by atoms with Gasteiger partial charge in [-0.25, -0.2) is 14.4 Å². The van der Waals surface area contributed by atoms with Gasteiger partial charge in [0.15, 0.2) is 0 Å². The second-order valence-corrected chi connectivity index (χ2v) is 6.47. The van der Waals surface area contributed by atoms with E-state index in [1.165, 1.54) is 18.3 Å². The number of benzene rings is 2. The van der Waals surface area contributed by atoms with Gasteiger partial charge in [0.05, 0.1) is 0 Å². The van der Waals surface area contributed by atoms with Crippen molar-refractivity contribution in [3.8, 4) is 0 Å². The predicted octanol–water partition coefficient (Wildman–Crippen LogP) is 4.41. The van der Waals surface area contributed by atoms with E-state index in [0.717, 1.165) is 27.9 Å². The van der Waals surface area contributed by atoms with Crippen LogP contribution in [0.4, 0.5) is 16.0 Å².